The summed E-state index contributed by atoms with van der Waals surface area (Å²) in [6.45, 7) is 0. The zero-order chi connectivity index (χ0) is 13.7. The molecule has 0 amide bonds. The van der Waals surface area contributed by atoms with Crippen molar-refractivity contribution in [3.8, 4) is 6.07 Å². The zero-order valence-corrected chi connectivity index (χ0v) is 10.6. The number of sulfonamides is 1. The molecule has 0 aliphatic heterocycles. The van der Waals surface area contributed by atoms with Gasteiger partial charge in [0, 0.05) is 6.26 Å². The minimum atomic E-state index is -4.03. The lowest BCUT2D eigenvalue weighted by atomic mass is 10.2. The Bertz CT molecular complexity index is 515. The second-order valence-corrected chi connectivity index (χ2v) is 7.36. The van der Waals surface area contributed by atoms with Crippen molar-refractivity contribution < 1.29 is 26.7 Å². The van der Waals surface area contributed by atoms with E-state index >= 15 is 0 Å². The number of hydrogen-bond acceptors (Lipinski definition) is 6. The second kappa shape index (κ2) is 5.95. The molecule has 0 aromatic carbocycles. The number of hydrogen-bond donors (Lipinski definition) is 2. The van der Waals surface area contributed by atoms with Crippen LogP contribution in [-0.4, -0.2) is 51.7 Å². The number of nitrogens with one attached hydrogen (secondary N) is 1. The third kappa shape index (κ3) is 7.67. The highest BCUT2D eigenvalue weighted by Crippen LogP contribution is 1.99. The van der Waals surface area contributed by atoms with Crippen molar-refractivity contribution in [1.29, 1.82) is 5.26 Å². The van der Waals surface area contributed by atoms with E-state index in [2.05, 4.69) is 0 Å². The van der Waals surface area contributed by atoms with Gasteiger partial charge >= 0.3 is 5.97 Å². The molecule has 0 aromatic rings. The maximum absolute atomic E-state index is 11.1. The fourth-order valence-corrected chi connectivity index (χ4v) is 2.48. The van der Waals surface area contributed by atoms with Crippen LogP contribution >= 0.6 is 0 Å². The number of rotatable bonds is 7. The van der Waals surface area contributed by atoms with Gasteiger partial charge in [0.1, 0.15) is 15.9 Å². The van der Waals surface area contributed by atoms with Crippen LogP contribution in [0.15, 0.2) is 0 Å². The summed E-state index contributed by atoms with van der Waals surface area (Å²) >= 11 is 0. The summed E-state index contributed by atoms with van der Waals surface area (Å²) in [6, 6.07) is -0.190. The standard InChI is InChI=1S/C7H12N2O6S2/c1-16(12,13)4-2-6(7(10)11)9-17(14,15)5-3-8/h6,9H,2,4-5H2,1H3,(H,10,11). The fourth-order valence-electron chi connectivity index (χ4n) is 0.908. The first kappa shape index (κ1) is 15.8. The maximum atomic E-state index is 11.1. The number of carboxylic acids is 1. The predicted octanol–water partition coefficient (Wildman–Crippen LogP) is -1.68. The van der Waals surface area contributed by atoms with Crippen molar-refractivity contribution in [2.24, 2.45) is 0 Å². The van der Waals surface area contributed by atoms with Gasteiger partial charge in [0.05, 0.1) is 11.8 Å². The van der Waals surface area contributed by atoms with E-state index in [1.54, 1.807) is 4.72 Å². The summed E-state index contributed by atoms with van der Waals surface area (Å²) in [7, 11) is -7.41. The smallest absolute Gasteiger partial charge is 0.321 e. The Morgan fingerprint density at radius 1 is 1.41 bits per heavy atom. The fraction of sp³-hybridized carbons (Fsp3) is 0.714. The Hall–Kier alpha value is -1.18. The van der Waals surface area contributed by atoms with Crippen molar-refractivity contribution in [2.45, 2.75) is 12.5 Å². The molecule has 0 aromatic heterocycles. The van der Waals surface area contributed by atoms with Crippen LogP contribution in [0.2, 0.25) is 0 Å². The second-order valence-electron chi connectivity index (χ2n) is 3.34. The molecule has 1 atom stereocenters. The highest BCUT2D eigenvalue weighted by Gasteiger charge is 2.24. The van der Waals surface area contributed by atoms with E-state index in [9.17, 15) is 21.6 Å². The number of carbonyl (C=O) groups is 1. The quantitative estimate of drug-likeness (QED) is 0.568. The van der Waals surface area contributed by atoms with Crippen LogP contribution in [0, 0.1) is 11.3 Å². The van der Waals surface area contributed by atoms with E-state index in [4.69, 9.17) is 10.4 Å². The van der Waals surface area contributed by atoms with Gasteiger partial charge in [-0.15, -0.1) is 0 Å². The molecule has 0 saturated heterocycles. The first-order valence-electron chi connectivity index (χ1n) is 4.35. The molecule has 10 heteroatoms. The molecule has 0 spiro atoms. The van der Waals surface area contributed by atoms with Crippen LogP contribution in [0.4, 0.5) is 0 Å². The Kier molecular flexibility index (Phi) is 5.53. The summed E-state index contributed by atoms with van der Waals surface area (Å²) in [5.74, 6) is -2.83. The highest BCUT2D eigenvalue weighted by molar-refractivity contribution is 7.90. The van der Waals surface area contributed by atoms with Crippen LogP contribution in [0.3, 0.4) is 0 Å². The number of sulfone groups is 1. The lowest BCUT2D eigenvalue weighted by Crippen LogP contribution is -2.42. The Balaban J connectivity index is 4.69. The van der Waals surface area contributed by atoms with Gasteiger partial charge in [-0.3, -0.25) is 4.79 Å². The number of aliphatic carboxylic acids is 1. The number of nitriles is 1. The van der Waals surface area contributed by atoms with Crippen molar-refractivity contribution in [2.75, 3.05) is 17.8 Å². The minimum Gasteiger partial charge on any atom is -0.480 e. The lowest BCUT2D eigenvalue weighted by Gasteiger charge is -2.12. The summed E-state index contributed by atoms with van der Waals surface area (Å²) in [5, 5.41) is 16.9. The molecular weight excluding hydrogens is 272 g/mol. The van der Waals surface area contributed by atoms with Crippen LogP contribution in [-0.2, 0) is 24.7 Å². The van der Waals surface area contributed by atoms with E-state index in [1.807, 2.05) is 0 Å². The SMILES string of the molecule is CS(=O)(=O)CCC(NS(=O)(=O)CC#N)C(=O)O. The Morgan fingerprint density at radius 3 is 2.29 bits per heavy atom. The van der Waals surface area contributed by atoms with Gasteiger partial charge in [0.25, 0.3) is 0 Å². The molecule has 0 aliphatic carbocycles. The van der Waals surface area contributed by atoms with Crippen LogP contribution < -0.4 is 4.72 Å². The third-order valence-corrected chi connectivity index (χ3v) is 3.78. The van der Waals surface area contributed by atoms with E-state index in [0.29, 0.717) is 0 Å². The van der Waals surface area contributed by atoms with Crippen molar-refractivity contribution in [3.05, 3.63) is 0 Å². The van der Waals surface area contributed by atoms with Crippen LogP contribution in [0.1, 0.15) is 6.42 Å². The van der Waals surface area contributed by atoms with Gasteiger partial charge in [-0.2, -0.15) is 5.26 Å². The molecule has 17 heavy (non-hydrogen) atoms. The van der Waals surface area contributed by atoms with E-state index in [-0.39, 0.29) is 0 Å². The summed E-state index contributed by atoms with van der Waals surface area (Å²) in [5.41, 5.74) is 0. The normalized spacial score (nSPS) is 13.9. The molecular formula is C7H12N2O6S2. The number of carboxylic acid groups (broad SMARTS) is 1. The molecule has 0 heterocycles. The molecule has 0 saturated carbocycles. The molecule has 2 N–H and O–H groups in total. The highest BCUT2D eigenvalue weighted by atomic mass is 32.2. The van der Waals surface area contributed by atoms with Crippen molar-refractivity contribution >= 4 is 25.8 Å². The van der Waals surface area contributed by atoms with Gasteiger partial charge in [0.2, 0.25) is 10.0 Å². The summed E-state index contributed by atoms with van der Waals surface area (Å²) in [6.07, 6.45) is 0.522. The topological polar surface area (TPSA) is 141 Å². The minimum absolute atomic E-state index is 0.390. The van der Waals surface area contributed by atoms with E-state index in [0.717, 1.165) is 6.26 Å². The molecule has 0 radical (unpaired) electrons. The van der Waals surface area contributed by atoms with Gasteiger partial charge < -0.3 is 5.11 Å². The first-order chi connectivity index (χ1) is 7.57. The Labute approximate surface area is 99.2 Å². The summed E-state index contributed by atoms with van der Waals surface area (Å²) in [4.78, 5) is 10.7. The predicted molar refractivity (Wildman–Crippen MR) is 58.3 cm³/mol. The largest absolute Gasteiger partial charge is 0.480 e. The van der Waals surface area contributed by atoms with E-state index < -0.39 is 49.8 Å². The van der Waals surface area contributed by atoms with E-state index in [1.165, 1.54) is 6.07 Å². The first-order valence-corrected chi connectivity index (χ1v) is 8.06. The molecule has 8 nitrogen and oxygen atoms in total. The average Bonchev–Trinajstić information content (AvgIpc) is 2.10. The molecule has 98 valence electrons. The summed E-state index contributed by atoms with van der Waals surface area (Å²) < 4.78 is 45.7. The van der Waals surface area contributed by atoms with Crippen molar-refractivity contribution in [1.82, 2.24) is 4.72 Å². The number of nitrogens with zero attached hydrogens (tertiary/aromatic N) is 1. The molecule has 0 bridgehead atoms. The molecule has 0 fully saturated rings. The average molecular weight is 284 g/mol. The van der Waals surface area contributed by atoms with Gasteiger partial charge in [-0.1, -0.05) is 0 Å². The molecule has 0 aliphatic rings. The maximum Gasteiger partial charge on any atom is 0.321 e. The van der Waals surface area contributed by atoms with Gasteiger partial charge in [-0.25, -0.2) is 21.6 Å². The molecule has 1 unspecified atom stereocenters. The lowest BCUT2D eigenvalue weighted by molar-refractivity contribution is -0.139. The van der Waals surface area contributed by atoms with Crippen LogP contribution in [0.25, 0.3) is 0 Å². The van der Waals surface area contributed by atoms with Gasteiger partial charge in [-0.05, 0) is 6.42 Å². The third-order valence-electron chi connectivity index (χ3n) is 1.65. The van der Waals surface area contributed by atoms with Crippen molar-refractivity contribution in [3.63, 3.8) is 0 Å². The molecule has 0 rings (SSSR count). The zero-order valence-electron chi connectivity index (χ0n) is 8.95. The Morgan fingerprint density at radius 2 is 1.94 bits per heavy atom. The van der Waals surface area contributed by atoms with Gasteiger partial charge in [0.15, 0.2) is 5.75 Å². The monoisotopic (exact) mass is 284 g/mol. The van der Waals surface area contributed by atoms with Crippen LogP contribution in [0.5, 0.6) is 0 Å².